The molecule has 1 fully saturated rings. The average Bonchev–Trinajstić information content (AvgIpc) is 3.04. The minimum atomic E-state index is 0.445. The van der Waals surface area contributed by atoms with Crippen molar-refractivity contribution in [1.29, 1.82) is 0 Å². The van der Waals surface area contributed by atoms with Gasteiger partial charge in [-0.05, 0) is 67.0 Å². The molecule has 1 aliphatic carbocycles. The van der Waals surface area contributed by atoms with Gasteiger partial charge in [0.2, 0.25) is 0 Å². The molecule has 0 saturated heterocycles. The van der Waals surface area contributed by atoms with Gasteiger partial charge in [0.15, 0.2) is 5.82 Å². The van der Waals surface area contributed by atoms with Crippen molar-refractivity contribution in [2.75, 3.05) is 0 Å². The van der Waals surface area contributed by atoms with Crippen molar-refractivity contribution in [1.82, 2.24) is 25.1 Å². The van der Waals surface area contributed by atoms with Crippen LogP contribution in [-0.2, 0) is 13.1 Å². The Balaban J connectivity index is 1.44. The highest BCUT2D eigenvalue weighted by Crippen LogP contribution is 2.40. The van der Waals surface area contributed by atoms with Crippen LogP contribution in [0.5, 0.6) is 0 Å². The monoisotopic (exact) mass is 379 g/mol. The zero-order valence-electron chi connectivity index (χ0n) is 15.1. The average molecular weight is 380 g/mol. The van der Waals surface area contributed by atoms with E-state index in [9.17, 15) is 0 Å². The highest BCUT2D eigenvalue weighted by molar-refractivity contribution is 6.30. The van der Waals surface area contributed by atoms with E-state index in [2.05, 4.69) is 37.2 Å². The zero-order chi connectivity index (χ0) is 18.2. The Morgan fingerprint density at radius 3 is 2.67 bits per heavy atom. The number of fused-ring (bicyclic) bond motifs is 3. The summed E-state index contributed by atoms with van der Waals surface area (Å²) in [6.45, 7) is 1.52. The van der Waals surface area contributed by atoms with Crippen molar-refractivity contribution in [3.05, 3.63) is 70.5 Å². The third kappa shape index (κ3) is 3.15. The highest BCUT2D eigenvalue weighted by Gasteiger charge is 2.29. The van der Waals surface area contributed by atoms with Gasteiger partial charge in [-0.1, -0.05) is 17.7 Å². The van der Waals surface area contributed by atoms with Crippen LogP contribution in [-0.4, -0.2) is 19.7 Å². The molecule has 1 aromatic carbocycles. The van der Waals surface area contributed by atoms with Crippen LogP contribution in [0.4, 0.5) is 0 Å². The molecular weight excluding hydrogens is 358 g/mol. The molecule has 3 heterocycles. The van der Waals surface area contributed by atoms with Crippen molar-refractivity contribution >= 4 is 11.6 Å². The maximum atomic E-state index is 6.22. The van der Waals surface area contributed by atoms with Crippen LogP contribution < -0.4 is 5.32 Å². The van der Waals surface area contributed by atoms with Gasteiger partial charge >= 0.3 is 0 Å². The second-order valence-corrected chi connectivity index (χ2v) is 7.96. The van der Waals surface area contributed by atoms with Crippen LogP contribution in [0.15, 0.2) is 42.7 Å². The molecular formula is C21H22ClN5. The van der Waals surface area contributed by atoms with E-state index in [-0.39, 0.29) is 0 Å². The third-order valence-corrected chi connectivity index (χ3v) is 6.12. The lowest BCUT2D eigenvalue weighted by Crippen LogP contribution is -2.17. The summed E-state index contributed by atoms with van der Waals surface area (Å²) >= 11 is 6.22. The first-order valence-electron chi connectivity index (χ1n) is 9.63. The molecule has 3 aromatic rings. The van der Waals surface area contributed by atoms with Gasteiger partial charge in [-0.15, -0.1) is 10.2 Å². The summed E-state index contributed by atoms with van der Waals surface area (Å²) in [4.78, 5) is 4.28. The van der Waals surface area contributed by atoms with Crippen LogP contribution in [0.25, 0.3) is 5.69 Å². The fourth-order valence-electron chi connectivity index (χ4n) is 4.50. The van der Waals surface area contributed by atoms with Crippen molar-refractivity contribution in [3.8, 4) is 5.69 Å². The van der Waals surface area contributed by atoms with Crippen LogP contribution in [0.3, 0.4) is 0 Å². The maximum absolute atomic E-state index is 6.22. The molecule has 138 valence electrons. The summed E-state index contributed by atoms with van der Waals surface area (Å²) in [5, 5.41) is 13.3. The molecule has 0 unspecified atom stereocenters. The molecule has 5 nitrogen and oxygen atoms in total. The molecule has 1 N–H and O–H groups in total. The third-order valence-electron chi connectivity index (χ3n) is 5.88. The number of hydrogen-bond acceptors (Lipinski definition) is 4. The molecule has 0 amide bonds. The number of nitrogens with zero attached hydrogens (tertiary/aromatic N) is 4. The summed E-state index contributed by atoms with van der Waals surface area (Å²) in [6.07, 6.45) is 8.47. The Labute approximate surface area is 163 Å². The normalized spacial score (nSPS) is 22.0. The van der Waals surface area contributed by atoms with Gasteiger partial charge in [-0.25, -0.2) is 0 Å². The largest absolute Gasteiger partial charge is 0.306 e. The van der Waals surface area contributed by atoms with Gasteiger partial charge in [0.25, 0.3) is 0 Å². The summed E-state index contributed by atoms with van der Waals surface area (Å²) in [6, 6.07) is 10.3. The number of pyridine rings is 1. The molecule has 2 aliphatic rings. The van der Waals surface area contributed by atoms with Crippen LogP contribution >= 0.6 is 11.6 Å². The summed E-state index contributed by atoms with van der Waals surface area (Å²) < 4.78 is 2.26. The van der Waals surface area contributed by atoms with E-state index >= 15 is 0 Å². The first kappa shape index (κ1) is 16.9. The maximum Gasteiger partial charge on any atom is 0.151 e. The summed E-state index contributed by atoms with van der Waals surface area (Å²) in [7, 11) is 0. The number of halogens is 1. The van der Waals surface area contributed by atoms with Gasteiger partial charge in [0.05, 0.1) is 12.2 Å². The summed E-state index contributed by atoms with van der Waals surface area (Å²) in [5.74, 6) is 3.14. The van der Waals surface area contributed by atoms with Crippen LogP contribution in [0.1, 0.15) is 60.3 Å². The van der Waals surface area contributed by atoms with Crippen LogP contribution in [0.2, 0.25) is 5.02 Å². The minimum Gasteiger partial charge on any atom is -0.306 e. The fourth-order valence-corrected chi connectivity index (χ4v) is 4.69. The Kier molecular flexibility index (Phi) is 4.42. The van der Waals surface area contributed by atoms with Crippen molar-refractivity contribution in [2.45, 2.75) is 50.6 Å². The Bertz CT molecular complexity index is 944. The number of aromatic nitrogens is 4. The van der Waals surface area contributed by atoms with Gasteiger partial charge in [0.1, 0.15) is 5.82 Å². The topological polar surface area (TPSA) is 55.6 Å². The predicted molar refractivity (Wildman–Crippen MR) is 105 cm³/mol. The van der Waals surface area contributed by atoms with E-state index in [1.807, 2.05) is 30.6 Å². The Hall–Kier alpha value is -2.24. The van der Waals surface area contributed by atoms with E-state index in [4.69, 9.17) is 11.6 Å². The van der Waals surface area contributed by atoms with E-state index < -0.39 is 0 Å². The smallest absolute Gasteiger partial charge is 0.151 e. The highest BCUT2D eigenvalue weighted by atomic mass is 35.5. The Morgan fingerprint density at radius 1 is 1.00 bits per heavy atom. The minimum absolute atomic E-state index is 0.445. The van der Waals surface area contributed by atoms with Gasteiger partial charge in [-0.2, -0.15) is 0 Å². The van der Waals surface area contributed by atoms with E-state index in [0.717, 1.165) is 48.3 Å². The zero-order valence-corrected chi connectivity index (χ0v) is 15.9. The van der Waals surface area contributed by atoms with Crippen molar-refractivity contribution in [2.24, 2.45) is 0 Å². The lowest BCUT2D eigenvalue weighted by Gasteiger charge is -2.28. The first-order valence-corrected chi connectivity index (χ1v) is 10.0. The molecule has 1 aliphatic heterocycles. The summed E-state index contributed by atoms with van der Waals surface area (Å²) in [5.41, 5.74) is 3.72. The molecule has 5 rings (SSSR count). The molecule has 0 atom stereocenters. The molecule has 0 radical (unpaired) electrons. The molecule has 0 bridgehead atoms. The van der Waals surface area contributed by atoms with Crippen molar-refractivity contribution < 1.29 is 0 Å². The standard InChI is InChI=1S/C21H22ClN5/c22-18-7-8-19-17(10-18)12-24-13-20-25-26-21(27(19)20)15-5-3-14(4-6-15)16-2-1-9-23-11-16/h1-2,7-11,14-15,24H,3-6,12-13H2. The quantitative estimate of drug-likeness (QED) is 0.718. The van der Waals surface area contributed by atoms with E-state index in [1.54, 1.807) is 0 Å². The SMILES string of the molecule is Clc1ccc2c(c1)CNCc1nnc(C3CCC(c4cccnc4)CC3)n1-2. The second-order valence-electron chi connectivity index (χ2n) is 7.52. The first-order chi connectivity index (χ1) is 13.3. The van der Waals surface area contributed by atoms with Gasteiger partial charge < -0.3 is 5.32 Å². The van der Waals surface area contributed by atoms with Crippen LogP contribution in [0, 0.1) is 0 Å². The second kappa shape index (κ2) is 7.06. The lowest BCUT2D eigenvalue weighted by molar-refractivity contribution is 0.381. The molecule has 0 spiro atoms. The number of nitrogens with one attached hydrogen (secondary N) is 1. The molecule has 1 saturated carbocycles. The number of hydrogen-bond donors (Lipinski definition) is 1. The lowest BCUT2D eigenvalue weighted by atomic mass is 9.79. The molecule has 6 heteroatoms. The van der Waals surface area contributed by atoms with Crippen molar-refractivity contribution in [3.63, 3.8) is 0 Å². The fraction of sp³-hybridized carbons (Fsp3) is 0.381. The molecule has 2 aromatic heterocycles. The molecule has 27 heavy (non-hydrogen) atoms. The number of rotatable bonds is 2. The Morgan fingerprint density at radius 2 is 1.85 bits per heavy atom. The van der Waals surface area contributed by atoms with E-state index in [0.29, 0.717) is 11.8 Å². The van der Waals surface area contributed by atoms with Gasteiger partial charge in [-0.3, -0.25) is 9.55 Å². The number of benzene rings is 1. The predicted octanol–water partition coefficient (Wildman–Crippen LogP) is 4.36. The van der Waals surface area contributed by atoms with Gasteiger partial charge in [0, 0.05) is 29.9 Å². The van der Waals surface area contributed by atoms with E-state index in [1.165, 1.54) is 24.0 Å².